The molecule has 1 aliphatic rings. The number of ether oxygens (including phenoxy) is 1. The summed E-state index contributed by atoms with van der Waals surface area (Å²) in [5.41, 5.74) is 2.18. The van der Waals surface area contributed by atoms with Crippen LogP contribution in [0.5, 0.6) is 0 Å². The van der Waals surface area contributed by atoms with Crippen molar-refractivity contribution in [2.45, 2.75) is 19.5 Å². The second kappa shape index (κ2) is 10.1. The monoisotopic (exact) mass is 492 g/mol. The molecular weight excluding hydrogens is 468 g/mol. The minimum Gasteiger partial charge on any atom is -0.507 e. The van der Waals surface area contributed by atoms with Crippen molar-refractivity contribution in [1.82, 2.24) is 9.88 Å². The van der Waals surface area contributed by atoms with Crippen LogP contribution in [0.2, 0.25) is 0 Å². The minimum absolute atomic E-state index is 0.0106. The molecule has 1 aliphatic heterocycles. The van der Waals surface area contributed by atoms with E-state index in [1.807, 2.05) is 30.3 Å². The zero-order valence-electron chi connectivity index (χ0n) is 20.1. The summed E-state index contributed by atoms with van der Waals surface area (Å²) >= 11 is 0. The van der Waals surface area contributed by atoms with Crippen molar-refractivity contribution in [2.75, 3.05) is 6.61 Å². The second-order valence-corrected chi connectivity index (χ2v) is 8.69. The van der Waals surface area contributed by atoms with Gasteiger partial charge in [-0.05, 0) is 53.1 Å². The lowest BCUT2D eigenvalue weighted by atomic mass is 9.95. The van der Waals surface area contributed by atoms with E-state index in [4.69, 9.17) is 4.74 Å². The van der Waals surface area contributed by atoms with E-state index in [-0.39, 0.29) is 24.5 Å². The zero-order chi connectivity index (χ0) is 25.9. The third-order valence-electron chi connectivity index (χ3n) is 6.38. The van der Waals surface area contributed by atoms with Crippen molar-refractivity contribution in [3.63, 3.8) is 0 Å². The summed E-state index contributed by atoms with van der Waals surface area (Å²) in [6.45, 7) is 2.11. The van der Waals surface area contributed by atoms with Crippen LogP contribution in [0.15, 0.2) is 96.8 Å². The third kappa shape index (κ3) is 4.59. The van der Waals surface area contributed by atoms with E-state index >= 15 is 0 Å². The molecule has 1 fully saturated rings. The van der Waals surface area contributed by atoms with E-state index in [9.17, 15) is 19.5 Å². The van der Waals surface area contributed by atoms with Gasteiger partial charge in [0.1, 0.15) is 5.76 Å². The highest BCUT2D eigenvalue weighted by atomic mass is 16.5. The molecule has 1 atom stereocenters. The van der Waals surface area contributed by atoms with Gasteiger partial charge in [0.25, 0.3) is 11.7 Å². The van der Waals surface area contributed by atoms with E-state index < -0.39 is 23.7 Å². The molecule has 0 aliphatic carbocycles. The summed E-state index contributed by atoms with van der Waals surface area (Å²) < 4.78 is 5.03. The maximum atomic E-state index is 13.3. The minimum atomic E-state index is -0.829. The zero-order valence-corrected chi connectivity index (χ0v) is 20.1. The van der Waals surface area contributed by atoms with E-state index in [0.29, 0.717) is 16.7 Å². The highest BCUT2D eigenvalue weighted by Gasteiger charge is 2.46. The van der Waals surface area contributed by atoms with E-state index in [1.54, 1.807) is 67.8 Å². The molecule has 7 heteroatoms. The molecule has 1 unspecified atom stereocenters. The maximum Gasteiger partial charge on any atom is 0.338 e. The number of nitrogens with zero attached hydrogens (tertiary/aromatic N) is 2. The first-order valence-electron chi connectivity index (χ1n) is 11.9. The quantitative estimate of drug-likeness (QED) is 0.175. The Hall–Kier alpha value is -4.78. The Balaban J connectivity index is 1.56. The van der Waals surface area contributed by atoms with Crippen LogP contribution in [0, 0.1) is 0 Å². The number of carbonyl (C=O) groups is 3. The summed E-state index contributed by atoms with van der Waals surface area (Å²) in [6.07, 6.45) is 3.19. The molecule has 4 aromatic rings. The Labute approximate surface area is 213 Å². The number of aliphatic hydroxyl groups excluding tert-OH is 1. The second-order valence-electron chi connectivity index (χ2n) is 8.69. The Morgan fingerprint density at radius 2 is 1.68 bits per heavy atom. The van der Waals surface area contributed by atoms with E-state index in [0.717, 1.165) is 16.3 Å². The van der Waals surface area contributed by atoms with E-state index in [2.05, 4.69) is 4.98 Å². The number of pyridine rings is 1. The standard InChI is InChI=1S/C30H24N2O5/c1-2-37-30(36)21-11-9-19(10-12-21)18-32-26(24-8-5-15-31-17-24)25(28(34)29(32)35)27(33)23-14-13-20-6-3-4-7-22(20)16-23/h3-17,26,33H,2,18H2,1H3/b27-25-. The lowest BCUT2D eigenvalue weighted by Crippen LogP contribution is -2.29. The van der Waals surface area contributed by atoms with Crippen LogP contribution < -0.4 is 0 Å². The van der Waals surface area contributed by atoms with Crippen LogP contribution in [0.25, 0.3) is 16.5 Å². The number of aromatic nitrogens is 1. The van der Waals surface area contributed by atoms with Gasteiger partial charge in [0.05, 0.1) is 23.8 Å². The normalized spacial score (nSPS) is 16.8. The summed E-state index contributed by atoms with van der Waals surface area (Å²) in [6, 6.07) is 22.4. The average molecular weight is 493 g/mol. The number of fused-ring (bicyclic) bond motifs is 1. The van der Waals surface area contributed by atoms with Gasteiger partial charge in [-0.3, -0.25) is 14.6 Å². The smallest absolute Gasteiger partial charge is 0.338 e. The number of rotatable bonds is 6. The predicted molar refractivity (Wildman–Crippen MR) is 138 cm³/mol. The summed E-state index contributed by atoms with van der Waals surface area (Å²) in [5, 5.41) is 13.2. The Kier molecular flexibility index (Phi) is 6.51. The molecular formula is C30H24N2O5. The molecule has 0 bridgehead atoms. The number of ketones is 1. The van der Waals surface area contributed by atoms with Crippen LogP contribution in [0.4, 0.5) is 0 Å². The molecule has 1 N–H and O–H groups in total. The van der Waals surface area contributed by atoms with Crippen LogP contribution in [0.3, 0.4) is 0 Å². The van der Waals surface area contributed by atoms with Crippen LogP contribution in [-0.2, 0) is 20.9 Å². The molecule has 1 saturated heterocycles. The van der Waals surface area contributed by atoms with Gasteiger partial charge in [-0.25, -0.2) is 4.79 Å². The maximum absolute atomic E-state index is 13.3. The van der Waals surface area contributed by atoms with E-state index in [1.165, 1.54) is 4.90 Å². The fourth-order valence-corrected chi connectivity index (χ4v) is 4.58. The number of hydrogen-bond donors (Lipinski definition) is 1. The number of esters is 1. The molecule has 2 heterocycles. The molecule has 0 saturated carbocycles. The number of carbonyl (C=O) groups excluding carboxylic acids is 3. The number of benzene rings is 3. The molecule has 1 aromatic heterocycles. The Bertz CT molecular complexity index is 1530. The van der Waals surface area contributed by atoms with Gasteiger partial charge in [0.2, 0.25) is 0 Å². The van der Waals surface area contributed by atoms with Crippen molar-refractivity contribution < 1.29 is 24.2 Å². The van der Waals surface area contributed by atoms with Gasteiger partial charge in [-0.15, -0.1) is 0 Å². The van der Waals surface area contributed by atoms with Gasteiger partial charge < -0.3 is 14.7 Å². The SMILES string of the molecule is CCOC(=O)c1ccc(CN2C(=O)C(=O)/C(=C(\O)c3ccc4ccccc4c3)C2c2cccnc2)cc1. The number of likely N-dealkylation sites (tertiary alicyclic amines) is 1. The molecule has 184 valence electrons. The summed E-state index contributed by atoms with van der Waals surface area (Å²) in [7, 11) is 0. The van der Waals surface area contributed by atoms with Crippen molar-refractivity contribution in [3.8, 4) is 0 Å². The lowest BCUT2D eigenvalue weighted by molar-refractivity contribution is -0.140. The van der Waals surface area contributed by atoms with Crippen molar-refractivity contribution in [2.24, 2.45) is 0 Å². The first-order chi connectivity index (χ1) is 18.0. The molecule has 1 amide bonds. The number of Topliss-reactive ketones (excluding diaryl/α,β-unsaturated/α-hetero) is 1. The third-order valence-corrected chi connectivity index (χ3v) is 6.38. The lowest BCUT2D eigenvalue weighted by Gasteiger charge is -2.25. The van der Waals surface area contributed by atoms with Gasteiger partial charge in [-0.2, -0.15) is 0 Å². The highest BCUT2D eigenvalue weighted by Crippen LogP contribution is 2.40. The summed E-state index contributed by atoms with van der Waals surface area (Å²) in [5.74, 6) is -2.15. The van der Waals surface area contributed by atoms with Gasteiger partial charge in [0, 0.05) is 24.5 Å². The Morgan fingerprint density at radius 1 is 0.946 bits per heavy atom. The van der Waals surface area contributed by atoms with Crippen LogP contribution in [-0.4, -0.2) is 39.3 Å². The topological polar surface area (TPSA) is 96.8 Å². The van der Waals surface area contributed by atoms with Crippen molar-refractivity contribution in [1.29, 1.82) is 0 Å². The molecule has 3 aromatic carbocycles. The Morgan fingerprint density at radius 3 is 2.38 bits per heavy atom. The van der Waals surface area contributed by atoms with Crippen LogP contribution in [0.1, 0.15) is 40.0 Å². The number of aliphatic hydroxyl groups is 1. The predicted octanol–water partition coefficient (Wildman–Crippen LogP) is 5.03. The largest absolute Gasteiger partial charge is 0.507 e. The van der Waals surface area contributed by atoms with Crippen molar-refractivity contribution in [3.05, 3.63) is 119 Å². The first kappa shape index (κ1) is 23.9. The molecule has 0 radical (unpaired) electrons. The van der Waals surface area contributed by atoms with Gasteiger partial charge in [-0.1, -0.05) is 54.6 Å². The van der Waals surface area contributed by atoms with Crippen LogP contribution >= 0.6 is 0 Å². The fourth-order valence-electron chi connectivity index (χ4n) is 4.58. The first-order valence-corrected chi connectivity index (χ1v) is 11.9. The molecule has 7 nitrogen and oxygen atoms in total. The van der Waals surface area contributed by atoms with Crippen molar-refractivity contribution >= 4 is 34.2 Å². The summed E-state index contributed by atoms with van der Waals surface area (Å²) in [4.78, 5) is 44.1. The number of hydrogen-bond acceptors (Lipinski definition) is 6. The molecule has 37 heavy (non-hydrogen) atoms. The average Bonchev–Trinajstić information content (AvgIpc) is 3.18. The number of amides is 1. The van der Waals surface area contributed by atoms with Gasteiger partial charge >= 0.3 is 5.97 Å². The molecule has 5 rings (SSSR count). The van der Waals surface area contributed by atoms with Gasteiger partial charge in [0.15, 0.2) is 0 Å². The fraction of sp³-hybridized carbons (Fsp3) is 0.133. The molecule has 0 spiro atoms. The highest BCUT2D eigenvalue weighted by molar-refractivity contribution is 6.46.